The van der Waals surface area contributed by atoms with Gasteiger partial charge in [-0.3, -0.25) is 9.67 Å². The number of nitrogens with one attached hydrogen (secondary N) is 2. The Bertz CT molecular complexity index is 963. The maximum absolute atomic E-state index is 12.3. The first-order valence-electron chi connectivity index (χ1n) is 8.85. The number of hydrogen-bond acceptors (Lipinski definition) is 6. The second-order valence-corrected chi connectivity index (χ2v) is 6.08. The van der Waals surface area contributed by atoms with Gasteiger partial charge in [-0.05, 0) is 18.2 Å². The van der Waals surface area contributed by atoms with E-state index >= 15 is 0 Å². The normalized spacial score (nSPS) is 10.3. The maximum Gasteiger partial charge on any atom is 0.319 e. The molecule has 0 radical (unpaired) electrons. The molecule has 0 unspecified atom stereocenters. The summed E-state index contributed by atoms with van der Waals surface area (Å²) in [4.78, 5) is 16.6. The predicted molar refractivity (Wildman–Crippen MR) is 108 cm³/mol. The van der Waals surface area contributed by atoms with Crippen molar-refractivity contribution >= 4 is 11.7 Å². The molecule has 2 aromatic heterocycles. The van der Waals surface area contributed by atoms with Gasteiger partial charge >= 0.3 is 6.03 Å². The van der Waals surface area contributed by atoms with E-state index in [0.29, 0.717) is 28.6 Å². The molecule has 0 saturated heterocycles. The standard InChI is InChI=1S/C20H23N5O4/c1-25-16(15-7-5-6-8-21-15)9-14(24-25)12-22-20(26)23-13-10-17(27-2)19(29-4)18(11-13)28-3/h5-11H,12H2,1-4H3,(H2,22,23,26). The van der Waals surface area contributed by atoms with Crippen LogP contribution in [-0.4, -0.2) is 42.1 Å². The van der Waals surface area contributed by atoms with Crippen molar-refractivity contribution in [3.8, 4) is 28.6 Å². The van der Waals surface area contributed by atoms with Gasteiger partial charge in [0.1, 0.15) is 0 Å². The zero-order chi connectivity index (χ0) is 20.8. The molecule has 0 atom stereocenters. The molecule has 2 N–H and O–H groups in total. The SMILES string of the molecule is COc1cc(NC(=O)NCc2cc(-c3ccccn3)n(C)n2)cc(OC)c1OC. The molecule has 3 aromatic rings. The summed E-state index contributed by atoms with van der Waals surface area (Å²) in [6.45, 7) is 0.261. The van der Waals surface area contributed by atoms with Crippen molar-refractivity contribution in [3.05, 3.63) is 48.3 Å². The lowest BCUT2D eigenvalue weighted by molar-refractivity contribution is 0.251. The number of aromatic nitrogens is 3. The third kappa shape index (κ3) is 4.57. The van der Waals surface area contributed by atoms with E-state index < -0.39 is 0 Å². The van der Waals surface area contributed by atoms with Crippen LogP contribution < -0.4 is 24.8 Å². The highest BCUT2D eigenvalue weighted by atomic mass is 16.5. The predicted octanol–water partition coefficient (Wildman–Crippen LogP) is 2.83. The van der Waals surface area contributed by atoms with E-state index in [9.17, 15) is 4.79 Å². The van der Waals surface area contributed by atoms with Crippen molar-refractivity contribution in [3.63, 3.8) is 0 Å². The third-order valence-electron chi connectivity index (χ3n) is 4.21. The topological polar surface area (TPSA) is 99.5 Å². The molecule has 0 spiro atoms. The first-order valence-corrected chi connectivity index (χ1v) is 8.85. The minimum Gasteiger partial charge on any atom is -0.493 e. The smallest absolute Gasteiger partial charge is 0.319 e. The molecule has 1 aromatic carbocycles. The summed E-state index contributed by atoms with van der Waals surface area (Å²) in [6, 6.07) is 10.5. The Morgan fingerprint density at radius 1 is 1.07 bits per heavy atom. The van der Waals surface area contributed by atoms with Crippen LogP contribution in [0.25, 0.3) is 11.4 Å². The van der Waals surface area contributed by atoms with E-state index in [-0.39, 0.29) is 12.6 Å². The lowest BCUT2D eigenvalue weighted by Crippen LogP contribution is -2.28. The van der Waals surface area contributed by atoms with Crippen LogP contribution in [0.5, 0.6) is 17.2 Å². The van der Waals surface area contributed by atoms with Crippen LogP contribution in [0, 0.1) is 0 Å². The number of carbonyl (C=O) groups is 1. The first kappa shape index (κ1) is 20.0. The van der Waals surface area contributed by atoms with Crippen molar-refractivity contribution in [2.24, 2.45) is 7.05 Å². The van der Waals surface area contributed by atoms with Gasteiger partial charge in [0.05, 0.1) is 50.6 Å². The van der Waals surface area contributed by atoms with E-state index in [1.54, 1.807) is 23.0 Å². The number of urea groups is 1. The maximum atomic E-state index is 12.3. The highest BCUT2D eigenvalue weighted by Crippen LogP contribution is 2.39. The van der Waals surface area contributed by atoms with Gasteiger partial charge in [0.2, 0.25) is 5.75 Å². The monoisotopic (exact) mass is 397 g/mol. The molecule has 9 nitrogen and oxygen atoms in total. The number of carbonyl (C=O) groups excluding carboxylic acids is 1. The second kappa shape index (κ2) is 8.96. The summed E-state index contributed by atoms with van der Waals surface area (Å²) in [7, 11) is 6.39. The lowest BCUT2D eigenvalue weighted by atomic mass is 10.2. The summed E-state index contributed by atoms with van der Waals surface area (Å²) >= 11 is 0. The van der Waals surface area contributed by atoms with Crippen molar-refractivity contribution in [2.45, 2.75) is 6.54 Å². The Morgan fingerprint density at radius 3 is 2.38 bits per heavy atom. The molecular weight excluding hydrogens is 374 g/mol. The number of rotatable bonds is 7. The van der Waals surface area contributed by atoms with Crippen LogP contribution in [-0.2, 0) is 13.6 Å². The van der Waals surface area contributed by atoms with Gasteiger partial charge < -0.3 is 24.8 Å². The number of methoxy groups -OCH3 is 3. The van der Waals surface area contributed by atoms with E-state index in [4.69, 9.17) is 14.2 Å². The minimum atomic E-state index is -0.385. The third-order valence-corrected chi connectivity index (χ3v) is 4.21. The van der Waals surface area contributed by atoms with Crippen LogP contribution in [0.15, 0.2) is 42.6 Å². The van der Waals surface area contributed by atoms with Crippen molar-refractivity contribution in [1.29, 1.82) is 0 Å². The van der Waals surface area contributed by atoms with E-state index in [1.807, 2.05) is 31.3 Å². The summed E-state index contributed by atoms with van der Waals surface area (Å²) in [5.41, 5.74) is 2.91. The molecule has 2 amide bonds. The van der Waals surface area contributed by atoms with E-state index in [1.165, 1.54) is 21.3 Å². The number of pyridine rings is 1. The molecule has 0 saturated carbocycles. The van der Waals surface area contributed by atoms with Gasteiger partial charge in [-0.2, -0.15) is 5.10 Å². The summed E-state index contributed by atoms with van der Waals surface area (Å²) < 4.78 is 17.6. The quantitative estimate of drug-likeness (QED) is 0.636. The van der Waals surface area contributed by atoms with Crippen LogP contribution in [0.1, 0.15) is 5.69 Å². The molecular formula is C20H23N5O4. The molecule has 3 rings (SSSR count). The molecule has 0 aliphatic rings. The Kier molecular flexibility index (Phi) is 6.18. The molecule has 0 aliphatic heterocycles. The van der Waals surface area contributed by atoms with Crippen LogP contribution in [0.3, 0.4) is 0 Å². The fourth-order valence-electron chi connectivity index (χ4n) is 2.87. The molecule has 2 heterocycles. The Balaban J connectivity index is 1.66. The van der Waals surface area contributed by atoms with Crippen LogP contribution in [0.4, 0.5) is 10.5 Å². The molecule has 152 valence electrons. The van der Waals surface area contributed by atoms with Crippen molar-refractivity contribution in [1.82, 2.24) is 20.1 Å². The number of aryl methyl sites for hydroxylation is 1. The minimum absolute atomic E-state index is 0.261. The van der Waals surface area contributed by atoms with Crippen molar-refractivity contribution < 1.29 is 19.0 Å². The van der Waals surface area contributed by atoms with Gasteiger partial charge in [0.15, 0.2) is 11.5 Å². The highest BCUT2D eigenvalue weighted by Gasteiger charge is 2.15. The largest absolute Gasteiger partial charge is 0.493 e. The van der Waals surface area contributed by atoms with Gasteiger partial charge in [-0.1, -0.05) is 6.07 Å². The number of amides is 2. The van der Waals surface area contributed by atoms with Crippen molar-refractivity contribution in [2.75, 3.05) is 26.6 Å². The summed E-state index contributed by atoms with van der Waals surface area (Å²) in [6.07, 6.45) is 1.73. The Morgan fingerprint density at radius 2 is 1.79 bits per heavy atom. The average Bonchev–Trinajstić information content (AvgIpc) is 3.12. The molecule has 0 fully saturated rings. The van der Waals surface area contributed by atoms with Crippen LogP contribution >= 0.6 is 0 Å². The Hall–Kier alpha value is -3.75. The second-order valence-electron chi connectivity index (χ2n) is 6.08. The number of hydrogen-bond donors (Lipinski definition) is 2. The fourth-order valence-corrected chi connectivity index (χ4v) is 2.87. The number of ether oxygens (including phenoxy) is 3. The van der Waals surface area contributed by atoms with Crippen LogP contribution in [0.2, 0.25) is 0 Å². The van der Waals surface area contributed by atoms with Gasteiger partial charge in [0, 0.05) is 25.4 Å². The lowest BCUT2D eigenvalue weighted by Gasteiger charge is -2.14. The molecule has 29 heavy (non-hydrogen) atoms. The number of anilines is 1. The van der Waals surface area contributed by atoms with Gasteiger partial charge in [-0.25, -0.2) is 4.79 Å². The Labute approximate surface area is 168 Å². The fraction of sp³-hybridized carbons (Fsp3) is 0.250. The molecule has 9 heteroatoms. The number of benzene rings is 1. The number of nitrogens with zero attached hydrogens (tertiary/aromatic N) is 3. The summed E-state index contributed by atoms with van der Waals surface area (Å²) in [5.74, 6) is 1.36. The van der Waals surface area contributed by atoms with Gasteiger partial charge in [0.25, 0.3) is 0 Å². The molecule has 0 bridgehead atoms. The van der Waals surface area contributed by atoms with Gasteiger partial charge in [-0.15, -0.1) is 0 Å². The van der Waals surface area contributed by atoms with E-state index in [2.05, 4.69) is 20.7 Å². The first-order chi connectivity index (χ1) is 14.0. The van der Waals surface area contributed by atoms with E-state index in [0.717, 1.165) is 11.4 Å². The zero-order valence-corrected chi connectivity index (χ0v) is 16.7. The summed E-state index contributed by atoms with van der Waals surface area (Å²) in [5, 5.41) is 9.96. The zero-order valence-electron chi connectivity index (χ0n) is 16.7. The molecule has 0 aliphatic carbocycles. The highest BCUT2D eigenvalue weighted by molar-refractivity contribution is 5.90. The average molecular weight is 397 g/mol.